The Morgan fingerprint density at radius 2 is 2.44 bits per heavy atom. The standard InChI is InChI=1S/C6H13NO2/c1-6(7)3-2-4-9-5-8/h5-6H,2-4,7H2,1H3. The van der Waals surface area contributed by atoms with Gasteiger partial charge in [-0.05, 0) is 19.8 Å². The highest BCUT2D eigenvalue weighted by molar-refractivity contribution is 5.36. The molecule has 0 aromatic heterocycles. The van der Waals surface area contributed by atoms with E-state index in [1.807, 2.05) is 6.92 Å². The average molecular weight is 131 g/mol. The molecule has 0 aliphatic rings. The van der Waals surface area contributed by atoms with Crippen LogP contribution in [0.2, 0.25) is 0 Å². The van der Waals surface area contributed by atoms with Gasteiger partial charge in [-0.3, -0.25) is 4.79 Å². The van der Waals surface area contributed by atoms with Gasteiger partial charge < -0.3 is 10.5 Å². The van der Waals surface area contributed by atoms with Crippen LogP contribution in [0.4, 0.5) is 0 Å². The first-order valence-corrected chi connectivity index (χ1v) is 3.08. The molecule has 0 aliphatic heterocycles. The maximum Gasteiger partial charge on any atom is 0.293 e. The number of nitrogens with two attached hydrogens (primary N) is 1. The zero-order chi connectivity index (χ0) is 7.11. The number of carbonyl (C=O) groups is 1. The number of ether oxygens (including phenoxy) is 1. The Kier molecular flexibility index (Phi) is 5.21. The van der Waals surface area contributed by atoms with Crippen LogP contribution < -0.4 is 5.73 Å². The fourth-order valence-corrected chi connectivity index (χ4v) is 0.537. The van der Waals surface area contributed by atoms with Gasteiger partial charge in [0.2, 0.25) is 0 Å². The molecule has 0 aromatic rings. The van der Waals surface area contributed by atoms with Crippen molar-refractivity contribution in [2.45, 2.75) is 25.8 Å². The number of hydrogen-bond acceptors (Lipinski definition) is 3. The molecule has 0 radical (unpaired) electrons. The van der Waals surface area contributed by atoms with Crippen LogP contribution in [-0.4, -0.2) is 19.1 Å². The van der Waals surface area contributed by atoms with E-state index >= 15 is 0 Å². The minimum atomic E-state index is 0.209. The summed E-state index contributed by atoms with van der Waals surface area (Å²) >= 11 is 0. The lowest BCUT2D eigenvalue weighted by molar-refractivity contribution is -0.128. The lowest BCUT2D eigenvalue weighted by atomic mass is 10.2. The van der Waals surface area contributed by atoms with Crippen molar-refractivity contribution in [3.63, 3.8) is 0 Å². The Bertz CT molecular complexity index is 73.5. The van der Waals surface area contributed by atoms with Crippen LogP contribution in [0.25, 0.3) is 0 Å². The van der Waals surface area contributed by atoms with Crippen molar-refractivity contribution in [1.29, 1.82) is 0 Å². The second-order valence-corrected chi connectivity index (χ2v) is 2.09. The predicted octanol–water partition coefficient (Wildman–Crippen LogP) is 0.287. The SMILES string of the molecule is CC(N)CCCOC=O. The second kappa shape index (κ2) is 5.56. The molecule has 2 N–H and O–H groups in total. The summed E-state index contributed by atoms with van der Waals surface area (Å²) in [6.45, 7) is 2.88. The quantitative estimate of drug-likeness (QED) is 0.431. The van der Waals surface area contributed by atoms with Crippen molar-refractivity contribution in [3.8, 4) is 0 Å². The van der Waals surface area contributed by atoms with Gasteiger partial charge in [0.05, 0.1) is 6.61 Å². The summed E-state index contributed by atoms with van der Waals surface area (Å²) in [4.78, 5) is 9.60. The van der Waals surface area contributed by atoms with E-state index in [2.05, 4.69) is 4.74 Å². The topological polar surface area (TPSA) is 52.3 Å². The normalized spacial score (nSPS) is 12.7. The molecule has 0 spiro atoms. The number of hydrogen-bond donors (Lipinski definition) is 1. The average Bonchev–Trinajstić information content (AvgIpc) is 1.80. The van der Waals surface area contributed by atoms with Crippen molar-refractivity contribution >= 4 is 6.47 Å². The highest BCUT2D eigenvalue weighted by Gasteiger charge is 1.92. The first-order chi connectivity index (χ1) is 4.27. The third-order valence-corrected chi connectivity index (χ3v) is 0.990. The molecule has 9 heavy (non-hydrogen) atoms. The molecule has 0 fully saturated rings. The van der Waals surface area contributed by atoms with E-state index in [0.29, 0.717) is 13.1 Å². The van der Waals surface area contributed by atoms with Crippen molar-refractivity contribution in [1.82, 2.24) is 0 Å². The first-order valence-electron chi connectivity index (χ1n) is 3.08. The molecule has 54 valence electrons. The van der Waals surface area contributed by atoms with Gasteiger partial charge in [-0.15, -0.1) is 0 Å². The van der Waals surface area contributed by atoms with Gasteiger partial charge in [-0.1, -0.05) is 0 Å². The summed E-state index contributed by atoms with van der Waals surface area (Å²) in [6.07, 6.45) is 1.77. The van der Waals surface area contributed by atoms with E-state index in [4.69, 9.17) is 5.73 Å². The van der Waals surface area contributed by atoms with E-state index < -0.39 is 0 Å². The van der Waals surface area contributed by atoms with Crippen LogP contribution >= 0.6 is 0 Å². The van der Waals surface area contributed by atoms with Crippen LogP contribution in [0, 0.1) is 0 Å². The lowest BCUT2D eigenvalue weighted by Crippen LogP contribution is -2.14. The van der Waals surface area contributed by atoms with E-state index in [-0.39, 0.29) is 6.04 Å². The van der Waals surface area contributed by atoms with Gasteiger partial charge >= 0.3 is 0 Å². The van der Waals surface area contributed by atoms with E-state index in [1.165, 1.54) is 0 Å². The molecule has 0 amide bonds. The summed E-state index contributed by atoms with van der Waals surface area (Å²) in [5, 5.41) is 0. The van der Waals surface area contributed by atoms with Crippen LogP contribution in [0.15, 0.2) is 0 Å². The van der Waals surface area contributed by atoms with Gasteiger partial charge in [-0.2, -0.15) is 0 Å². The van der Waals surface area contributed by atoms with Gasteiger partial charge in [0.1, 0.15) is 0 Å². The number of rotatable bonds is 5. The summed E-state index contributed by atoms with van der Waals surface area (Å²) in [5.74, 6) is 0. The van der Waals surface area contributed by atoms with Gasteiger partial charge in [0.15, 0.2) is 0 Å². The predicted molar refractivity (Wildman–Crippen MR) is 34.9 cm³/mol. The van der Waals surface area contributed by atoms with Gasteiger partial charge in [0, 0.05) is 6.04 Å². The molecule has 1 atom stereocenters. The molecule has 0 rings (SSSR count). The van der Waals surface area contributed by atoms with Crippen molar-refractivity contribution in [2.75, 3.05) is 6.61 Å². The highest BCUT2D eigenvalue weighted by atomic mass is 16.5. The van der Waals surface area contributed by atoms with Crippen LogP contribution in [-0.2, 0) is 9.53 Å². The van der Waals surface area contributed by atoms with Crippen LogP contribution in [0.1, 0.15) is 19.8 Å². The summed E-state index contributed by atoms with van der Waals surface area (Å²) in [6, 6.07) is 0.209. The Morgan fingerprint density at radius 1 is 1.78 bits per heavy atom. The molecule has 1 unspecified atom stereocenters. The minimum Gasteiger partial charge on any atom is -0.468 e. The molecule has 0 heterocycles. The van der Waals surface area contributed by atoms with Crippen LogP contribution in [0.5, 0.6) is 0 Å². The van der Waals surface area contributed by atoms with E-state index in [1.54, 1.807) is 0 Å². The molecule has 0 saturated heterocycles. The summed E-state index contributed by atoms with van der Waals surface area (Å²) in [5.41, 5.74) is 5.43. The Hall–Kier alpha value is -0.570. The lowest BCUT2D eigenvalue weighted by Gasteiger charge is -2.01. The monoisotopic (exact) mass is 131 g/mol. The van der Waals surface area contributed by atoms with Gasteiger partial charge in [-0.25, -0.2) is 0 Å². The highest BCUT2D eigenvalue weighted by Crippen LogP contribution is 1.91. The molecule has 3 heteroatoms. The maximum absolute atomic E-state index is 9.60. The van der Waals surface area contributed by atoms with E-state index in [9.17, 15) is 4.79 Å². The molecular formula is C6H13NO2. The zero-order valence-electron chi connectivity index (χ0n) is 5.67. The smallest absolute Gasteiger partial charge is 0.293 e. The minimum absolute atomic E-state index is 0.209. The van der Waals surface area contributed by atoms with Gasteiger partial charge in [0.25, 0.3) is 6.47 Å². The maximum atomic E-state index is 9.60. The van der Waals surface area contributed by atoms with Crippen molar-refractivity contribution < 1.29 is 9.53 Å². The van der Waals surface area contributed by atoms with Crippen molar-refractivity contribution in [3.05, 3.63) is 0 Å². The van der Waals surface area contributed by atoms with Crippen LogP contribution in [0.3, 0.4) is 0 Å². The molecular weight excluding hydrogens is 118 g/mol. The zero-order valence-corrected chi connectivity index (χ0v) is 5.67. The Labute approximate surface area is 55.2 Å². The molecule has 3 nitrogen and oxygen atoms in total. The second-order valence-electron chi connectivity index (χ2n) is 2.09. The fourth-order valence-electron chi connectivity index (χ4n) is 0.537. The molecule has 0 saturated carbocycles. The van der Waals surface area contributed by atoms with Crippen molar-refractivity contribution in [2.24, 2.45) is 5.73 Å². The summed E-state index contributed by atoms with van der Waals surface area (Å²) in [7, 11) is 0. The summed E-state index contributed by atoms with van der Waals surface area (Å²) < 4.78 is 4.45. The Balaban J connectivity index is 2.82. The largest absolute Gasteiger partial charge is 0.468 e. The third-order valence-electron chi connectivity index (χ3n) is 0.990. The third kappa shape index (κ3) is 7.43. The molecule has 0 aromatic carbocycles. The van der Waals surface area contributed by atoms with E-state index in [0.717, 1.165) is 12.8 Å². The number of carbonyl (C=O) groups excluding carboxylic acids is 1. The molecule has 0 bridgehead atoms. The first kappa shape index (κ1) is 8.43. The molecule has 0 aliphatic carbocycles. The Morgan fingerprint density at radius 3 is 2.89 bits per heavy atom. The fraction of sp³-hybridized carbons (Fsp3) is 0.833.